The molecule has 0 unspecified atom stereocenters. The van der Waals surface area contributed by atoms with Gasteiger partial charge in [-0.15, -0.1) is 11.3 Å². The van der Waals surface area contributed by atoms with Gasteiger partial charge in [-0.2, -0.15) is 0 Å². The molecular weight excluding hydrogens is 280 g/mol. The van der Waals surface area contributed by atoms with Crippen molar-refractivity contribution in [3.63, 3.8) is 0 Å². The summed E-state index contributed by atoms with van der Waals surface area (Å²) in [5.41, 5.74) is 8.51. The second kappa shape index (κ2) is 8.29. The molecule has 2 atom stereocenters. The monoisotopic (exact) mass is 304 g/mol. The van der Waals surface area contributed by atoms with Crippen LogP contribution in [0.3, 0.4) is 0 Å². The highest BCUT2D eigenvalue weighted by Crippen LogP contribution is 2.14. The van der Waals surface area contributed by atoms with Gasteiger partial charge in [0.05, 0.1) is 6.10 Å². The maximum absolute atomic E-state index is 10.1. The maximum atomic E-state index is 10.1. The molecule has 21 heavy (non-hydrogen) atoms. The summed E-state index contributed by atoms with van der Waals surface area (Å²) in [5.74, 6) is 0. The lowest BCUT2D eigenvalue weighted by Gasteiger charge is -2.19. The number of aryl methyl sites for hydroxylation is 1. The Balaban J connectivity index is 1.72. The van der Waals surface area contributed by atoms with Crippen molar-refractivity contribution in [1.82, 2.24) is 5.32 Å². The van der Waals surface area contributed by atoms with Crippen molar-refractivity contribution in [2.24, 2.45) is 5.73 Å². The Morgan fingerprint density at radius 1 is 1.24 bits per heavy atom. The number of aliphatic hydroxyl groups is 1. The summed E-state index contributed by atoms with van der Waals surface area (Å²) in [5, 5.41) is 15.6. The van der Waals surface area contributed by atoms with Crippen LogP contribution >= 0.6 is 11.3 Å². The fraction of sp³-hybridized carbons (Fsp3) is 0.412. The fourth-order valence-corrected chi connectivity index (χ4v) is 3.08. The molecular formula is C17H24N2OS. The van der Waals surface area contributed by atoms with E-state index in [0.29, 0.717) is 13.0 Å². The first-order valence-electron chi connectivity index (χ1n) is 7.43. The first-order valence-corrected chi connectivity index (χ1v) is 8.31. The van der Waals surface area contributed by atoms with Crippen LogP contribution in [-0.2, 0) is 19.4 Å². The van der Waals surface area contributed by atoms with Crippen LogP contribution in [0, 0.1) is 0 Å². The standard InChI is InChI=1S/C17H24N2OS/c1-2-15-8-14(12-21-15)10-19-11-17(20)16(18)9-13-6-4-3-5-7-13/h3-8,12,16-17,19-20H,2,9-11,18H2,1H3/t16-,17+/m0/s1. The average Bonchev–Trinajstić information content (AvgIpc) is 2.96. The number of rotatable bonds is 8. The van der Waals surface area contributed by atoms with Crippen LogP contribution < -0.4 is 11.1 Å². The molecule has 2 aromatic rings. The second-order valence-electron chi connectivity index (χ2n) is 5.33. The Bertz CT molecular complexity index is 527. The molecule has 0 saturated carbocycles. The molecule has 0 bridgehead atoms. The van der Waals surface area contributed by atoms with Crippen molar-refractivity contribution >= 4 is 11.3 Å². The van der Waals surface area contributed by atoms with Gasteiger partial charge in [-0.1, -0.05) is 37.3 Å². The van der Waals surface area contributed by atoms with E-state index in [0.717, 1.165) is 18.5 Å². The molecule has 0 fully saturated rings. The third-order valence-corrected chi connectivity index (χ3v) is 4.68. The van der Waals surface area contributed by atoms with Crippen LogP contribution in [0.1, 0.15) is 22.9 Å². The molecule has 1 heterocycles. The van der Waals surface area contributed by atoms with Gasteiger partial charge in [-0.3, -0.25) is 0 Å². The third kappa shape index (κ3) is 5.25. The minimum absolute atomic E-state index is 0.242. The number of nitrogens with one attached hydrogen (secondary N) is 1. The summed E-state index contributed by atoms with van der Waals surface area (Å²) in [6.45, 7) is 3.46. The van der Waals surface area contributed by atoms with Gasteiger partial charge in [0.1, 0.15) is 0 Å². The summed E-state index contributed by atoms with van der Waals surface area (Å²) in [6.07, 6.45) is 1.24. The quantitative estimate of drug-likeness (QED) is 0.701. The molecule has 4 N–H and O–H groups in total. The van der Waals surface area contributed by atoms with Crippen molar-refractivity contribution in [1.29, 1.82) is 0 Å². The minimum Gasteiger partial charge on any atom is -0.390 e. The number of nitrogens with two attached hydrogens (primary N) is 1. The summed E-state index contributed by atoms with van der Waals surface area (Å²) in [7, 11) is 0. The first-order chi connectivity index (χ1) is 10.2. The van der Waals surface area contributed by atoms with E-state index in [1.54, 1.807) is 11.3 Å². The molecule has 0 aliphatic heterocycles. The molecule has 0 saturated heterocycles. The molecule has 0 amide bonds. The molecule has 1 aromatic heterocycles. The Morgan fingerprint density at radius 3 is 2.67 bits per heavy atom. The highest BCUT2D eigenvalue weighted by Gasteiger charge is 2.14. The topological polar surface area (TPSA) is 58.3 Å². The molecule has 0 spiro atoms. The van der Waals surface area contributed by atoms with E-state index in [1.807, 2.05) is 30.3 Å². The van der Waals surface area contributed by atoms with E-state index >= 15 is 0 Å². The zero-order valence-electron chi connectivity index (χ0n) is 12.5. The van der Waals surface area contributed by atoms with E-state index in [2.05, 4.69) is 23.7 Å². The van der Waals surface area contributed by atoms with Crippen LogP contribution in [0.2, 0.25) is 0 Å². The lowest BCUT2D eigenvalue weighted by Crippen LogP contribution is -2.42. The summed E-state index contributed by atoms with van der Waals surface area (Å²) < 4.78 is 0. The van der Waals surface area contributed by atoms with Gasteiger partial charge in [-0.25, -0.2) is 0 Å². The van der Waals surface area contributed by atoms with Crippen molar-refractivity contribution < 1.29 is 5.11 Å². The number of benzene rings is 1. The molecule has 0 radical (unpaired) electrons. The zero-order chi connectivity index (χ0) is 15.1. The Hall–Kier alpha value is -1.20. The largest absolute Gasteiger partial charge is 0.390 e. The fourth-order valence-electron chi connectivity index (χ4n) is 2.24. The summed E-state index contributed by atoms with van der Waals surface area (Å²) >= 11 is 1.79. The molecule has 3 nitrogen and oxygen atoms in total. The Morgan fingerprint density at radius 2 is 2.00 bits per heavy atom. The molecule has 0 aliphatic rings. The lowest BCUT2D eigenvalue weighted by molar-refractivity contribution is 0.141. The Labute approximate surface area is 130 Å². The van der Waals surface area contributed by atoms with Gasteiger partial charge in [0.2, 0.25) is 0 Å². The van der Waals surface area contributed by atoms with E-state index in [-0.39, 0.29) is 6.04 Å². The number of hydrogen-bond acceptors (Lipinski definition) is 4. The Kier molecular flexibility index (Phi) is 6.39. The maximum Gasteiger partial charge on any atom is 0.0818 e. The number of hydrogen-bond donors (Lipinski definition) is 3. The predicted molar refractivity (Wildman–Crippen MR) is 89.5 cm³/mol. The highest BCUT2D eigenvalue weighted by atomic mass is 32.1. The van der Waals surface area contributed by atoms with Crippen molar-refractivity contribution in [2.75, 3.05) is 6.54 Å². The van der Waals surface area contributed by atoms with Gasteiger partial charge in [0, 0.05) is 24.0 Å². The van der Waals surface area contributed by atoms with E-state index in [9.17, 15) is 5.11 Å². The van der Waals surface area contributed by atoms with Gasteiger partial charge in [0.15, 0.2) is 0 Å². The summed E-state index contributed by atoms with van der Waals surface area (Å²) in [6, 6.07) is 12.0. The van der Waals surface area contributed by atoms with Crippen molar-refractivity contribution in [3.05, 3.63) is 57.8 Å². The van der Waals surface area contributed by atoms with Crippen LogP contribution in [-0.4, -0.2) is 23.8 Å². The normalized spacial score (nSPS) is 14.0. The smallest absolute Gasteiger partial charge is 0.0818 e. The average molecular weight is 304 g/mol. The van der Waals surface area contributed by atoms with Gasteiger partial charge in [-0.05, 0) is 35.4 Å². The van der Waals surface area contributed by atoms with E-state index in [4.69, 9.17) is 5.73 Å². The molecule has 1 aromatic carbocycles. The van der Waals surface area contributed by atoms with Crippen LogP contribution in [0.15, 0.2) is 41.8 Å². The van der Waals surface area contributed by atoms with E-state index in [1.165, 1.54) is 10.4 Å². The molecule has 2 rings (SSSR count). The number of aliphatic hydroxyl groups excluding tert-OH is 1. The molecule has 4 heteroatoms. The van der Waals surface area contributed by atoms with E-state index < -0.39 is 6.10 Å². The van der Waals surface area contributed by atoms with Crippen LogP contribution in [0.5, 0.6) is 0 Å². The predicted octanol–water partition coefficient (Wildman–Crippen LogP) is 2.33. The third-order valence-electron chi connectivity index (χ3n) is 3.55. The SMILES string of the molecule is CCc1cc(CNC[C@@H](O)[C@@H](N)Cc2ccccc2)cs1. The second-order valence-corrected chi connectivity index (χ2v) is 6.32. The van der Waals surface area contributed by atoms with Gasteiger partial charge >= 0.3 is 0 Å². The molecule has 0 aliphatic carbocycles. The zero-order valence-corrected chi connectivity index (χ0v) is 13.3. The van der Waals surface area contributed by atoms with Crippen molar-refractivity contribution in [3.8, 4) is 0 Å². The molecule has 114 valence electrons. The number of thiophene rings is 1. The van der Waals surface area contributed by atoms with Crippen LogP contribution in [0.4, 0.5) is 0 Å². The lowest BCUT2D eigenvalue weighted by atomic mass is 10.0. The highest BCUT2D eigenvalue weighted by molar-refractivity contribution is 7.10. The van der Waals surface area contributed by atoms with Gasteiger partial charge < -0.3 is 16.2 Å². The minimum atomic E-state index is -0.533. The van der Waals surface area contributed by atoms with Crippen LogP contribution in [0.25, 0.3) is 0 Å². The summed E-state index contributed by atoms with van der Waals surface area (Å²) in [4.78, 5) is 1.40. The van der Waals surface area contributed by atoms with Gasteiger partial charge in [0.25, 0.3) is 0 Å². The van der Waals surface area contributed by atoms with Crippen molar-refractivity contribution in [2.45, 2.75) is 38.5 Å². The first kappa shape index (κ1) is 16.2.